The van der Waals surface area contributed by atoms with Crippen molar-refractivity contribution in [2.45, 2.75) is 0 Å². The van der Waals surface area contributed by atoms with Crippen LogP contribution in [0.25, 0.3) is 55.0 Å². The van der Waals surface area contributed by atoms with Crippen LogP contribution in [0.3, 0.4) is 0 Å². The van der Waals surface area contributed by atoms with E-state index in [2.05, 4.69) is 111 Å². The minimum absolute atomic E-state index is 1.07. The van der Waals surface area contributed by atoms with Crippen LogP contribution in [-0.2, 0) is 0 Å². The Morgan fingerprint density at radius 3 is 1.56 bits per heavy atom. The Labute approximate surface area is 184 Å². The van der Waals surface area contributed by atoms with Gasteiger partial charge in [0, 0.05) is 33.4 Å². The lowest BCUT2D eigenvalue weighted by molar-refractivity contribution is 1.13. The highest BCUT2D eigenvalue weighted by atomic mass is 15.0. The van der Waals surface area contributed by atoms with E-state index in [-0.39, 0.29) is 0 Å². The molecule has 0 bridgehead atoms. The third-order valence-corrected chi connectivity index (χ3v) is 6.39. The predicted octanol–water partition coefficient (Wildman–Crippen LogP) is 7.28. The zero-order valence-electron chi connectivity index (χ0n) is 17.3. The zero-order chi connectivity index (χ0) is 21.1. The van der Waals surface area contributed by atoms with E-state index in [1.807, 2.05) is 18.5 Å². The number of nitrogens with zero attached hydrogens (tertiary/aromatic N) is 3. The van der Waals surface area contributed by atoms with Crippen molar-refractivity contribution in [1.29, 1.82) is 0 Å². The lowest BCUT2D eigenvalue weighted by Crippen LogP contribution is -1.98. The summed E-state index contributed by atoms with van der Waals surface area (Å²) < 4.78 is 4.76. The first-order valence-electron chi connectivity index (χ1n) is 10.8. The summed E-state index contributed by atoms with van der Waals surface area (Å²) in [6.45, 7) is 0. The van der Waals surface area contributed by atoms with Crippen LogP contribution in [0, 0.1) is 0 Å². The number of benzene rings is 4. The van der Waals surface area contributed by atoms with Crippen LogP contribution in [0.4, 0.5) is 0 Å². The van der Waals surface area contributed by atoms with E-state index in [0.29, 0.717) is 0 Å². The first-order chi connectivity index (χ1) is 15.9. The van der Waals surface area contributed by atoms with Gasteiger partial charge in [-0.05, 0) is 36.4 Å². The molecule has 0 aliphatic carbocycles. The number of hydrogen-bond acceptors (Lipinski definition) is 1. The van der Waals surface area contributed by atoms with Crippen LogP contribution < -0.4 is 0 Å². The van der Waals surface area contributed by atoms with Gasteiger partial charge in [0.1, 0.15) is 0 Å². The minimum Gasteiger partial charge on any atom is -0.307 e. The second-order valence-corrected chi connectivity index (χ2v) is 8.11. The molecule has 0 amide bonds. The molecule has 7 rings (SSSR count). The van der Waals surface area contributed by atoms with Gasteiger partial charge in [-0.3, -0.25) is 4.98 Å². The molecule has 0 saturated heterocycles. The van der Waals surface area contributed by atoms with Gasteiger partial charge in [-0.15, -0.1) is 0 Å². The van der Waals surface area contributed by atoms with Crippen molar-refractivity contribution in [3.05, 3.63) is 116 Å². The minimum atomic E-state index is 1.07. The van der Waals surface area contributed by atoms with Crippen molar-refractivity contribution >= 4 is 43.6 Å². The molecule has 3 heteroatoms. The number of para-hydroxylation sites is 3. The number of pyridine rings is 1. The molecule has 0 aliphatic heterocycles. The Bertz CT molecular complexity index is 1620. The lowest BCUT2D eigenvalue weighted by Gasteiger charge is -2.12. The van der Waals surface area contributed by atoms with E-state index in [4.69, 9.17) is 0 Å². The van der Waals surface area contributed by atoms with Crippen LogP contribution in [0.2, 0.25) is 0 Å². The van der Waals surface area contributed by atoms with Crippen molar-refractivity contribution < 1.29 is 0 Å². The van der Waals surface area contributed by atoms with Gasteiger partial charge in [0.15, 0.2) is 0 Å². The summed E-state index contributed by atoms with van der Waals surface area (Å²) in [6, 6.07) is 36.6. The largest absolute Gasteiger partial charge is 0.307 e. The quantitative estimate of drug-likeness (QED) is 0.294. The highest BCUT2D eigenvalue weighted by Crippen LogP contribution is 2.41. The second kappa shape index (κ2) is 6.56. The third-order valence-electron chi connectivity index (χ3n) is 6.39. The standard InChI is InChI=1S/C29H19N3/c1-2-9-20(10-3-1)31-26-14-6-4-12-22(26)24-16-17-25-23-13-5-7-15-27(23)32(29(25)28(24)31)21-11-8-18-30-19-21/h1-19H. The van der Waals surface area contributed by atoms with E-state index < -0.39 is 0 Å². The maximum absolute atomic E-state index is 4.43. The molecule has 150 valence electrons. The number of hydrogen-bond donors (Lipinski definition) is 0. The Morgan fingerprint density at radius 1 is 0.438 bits per heavy atom. The molecule has 0 saturated carbocycles. The van der Waals surface area contributed by atoms with Crippen LogP contribution in [0.15, 0.2) is 116 Å². The maximum Gasteiger partial charge on any atom is 0.0789 e. The molecule has 3 heterocycles. The average Bonchev–Trinajstić information content (AvgIpc) is 3.38. The highest BCUT2D eigenvalue weighted by Gasteiger charge is 2.20. The summed E-state index contributed by atoms with van der Waals surface area (Å²) in [5.41, 5.74) is 7.05. The Balaban J connectivity index is 1.81. The van der Waals surface area contributed by atoms with E-state index in [1.54, 1.807) is 0 Å². The van der Waals surface area contributed by atoms with Crippen molar-refractivity contribution in [2.75, 3.05) is 0 Å². The van der Waals surface area contributed by atoms with E-state index in [1.165, 1.54) is 43.6 Å². The molecule has 32 heavy (non-hydrogen) atoms. The first-order valence-corrected chi connectivity index (χ1v) is 10.8. The van der Waals surface area contributed by atoms with Gasteiger partial charge in [0.05, 0.1) is 34.0 Å². The normalized spacial score (nSPS) is 11.8. The van der Waals surface area contributed by atoms with Gasteiger partial charge in [-0.25, -0.2) is 0 Å². The molecule has 0 fully saturated rings. The predicted molar refractivity (Wildman–Crippen MR) is 133 cm³/mol. The van der Waals surface area contributed by atoms with Gasteiger partial charge < -0.3 is 9.13 Å². The highest BCUT2D eigenvalue weighted by molar-refractivity contribution is 6.23. The Morgan fingerprint density at radius 2 is 0.969 bits per heavy atom. The number of fused-ring (bicyclic) bond motifs is 7. The van der Waals surface area contributed by atoms with Gasteiger partial charge >= 0.3 is 0 Å². The average molecular weight is 409 g/mol. The van der Waals surface area contributed by atoms with Gasteiger partial charge in [-0.1, -0.05) is 66.7 Å². The zero-order valence-corrected chi connectivity index (χ0v) is 17.3. The lowest BCUT2D eigenvalue weighted by atomic mass is 10.1. The fraction of sp³-hybridized carbons (Fsp3) is 0. The molecular formula is C29H19N3. The number of aromatic nitrogens is 3. The molecule has 3 aromatic heterocycles. The van der Waals surface area contributed by atoms with E-state index >= 15 is 0 Å². The molecule has 4 aromatic carbocycles. The van der Waals surface area contributed by atoms with Crippen molar-refractivity contribution in [3.8, 4) is 11.4 Å². The first kappa shape index (κ1) is 17.3. The topological polar surface area (TPSA) is 22.8 Å². The summed E-state index contributed by atoms with van der Waals surface area (Å²) in [6.07, 6.45) is 3.77. The fourth-order valence-electron chi connectivity index (χ4n) is 5.10. The molecule has 3 nitrogen and oxygen atoms in total. The molecular weight excluding hydrogens is 390 g/mol. The summed E-state index contributed by atoms with van der Waals surface area (Å²) in [5.74, 6) is 0. The van der Waals surface area contributed by atoms with Crippen molar-refractivity contribution in [1.82, 2.24) is 14.1 Å². The SMILES string of the molecule is c1ccc(-n2c3ccccc3c3ccc4c5ccccc5n(-c5cccnc5)c4c32)cc1. The van der Waals surface area contributed by atoms with E-state index in [9.17, 15) is 0 Å². The Kier molecular flexibility index (Phi) is 3.55. The smallest absolute Gasteiger partial charge is 0.0789 e. The number of rotatable bonds is 2. The van der Waals surface area contributed by atoms with Gasteiger partial charge in [0.25, 0.3) is 0 Å². The van der Waals surface area contributed by atoms with E-state index in [0.717, 1.165) is 11.4 Å². The van der Waals surface area contributed by atoms with Crippen molar-refractivity contribution in [2.24, 2.45) is 0 Å². The molecule has 0 atom stereocenters. The third kappa shape index (κ3) is 2.28. The van der Waals surface area contributed by atoms with Crippen LogP contribution >= 0.6 is 0 Å². The van der Waals surface area contributed by atoms with Crippen LogP contribution in [0.1, 0.15) is 0 Å². The summed E-state index contributed by atoms with van der Waals surface area (Å²) in [7, 11) is 0. The fourth-order valence-corrected chi connectivity index (χ4v) is 5.10. The molecule has 0 aliphatic rings. The molecule has 0 N–H and O–H groups in total. The summed E-state index contributed by atoms with van der Waals surface area (Å²) in [5, 5.41) is 5.01. The molecule has 0 unspecified atom stereocenters. The van der Waals surface area contributed by atoms with Gasteiger partial charge in [-0.2, -0.15) is 0 Å². The second-order valence-electron chi connectivity index (χ2n) is 8.11. The summed E-state index contributed by atoms with van der Waals surface area (Å²) in [4.78, 5) is 4.43. The van der Waals surface area contributed by atoms with Crippen molar-refractivity contribution in [3.63, 3.8) is 0 Å². The molecule has 0 radical (unpaired) electrons. The van der Waals surface area contributed by atoms with Crippen LogP contribution in [0.5, 0.6) is 0 Å². The molecule has 0 spiro atoms. The summed E-state index contributed by atoms with van der Waals surface area (Å²) >= 11 is 0. The maximum atomic E-state index is 4.43. The van der Waals surface area contributed by atoms with Crippen LogP contribution in [-0.4, -0.2) is 14.1 Å². The van der Waals surface area contributed by atoms with Gasteiger partial charge in [0.2, 0.25) is 0 Å². The molecule has 7 aromatic rings. The Hall–Kier alpha value is -4.37. The monoisotopic (exact) mass is 409 g/mol.